The van der Waals surface area contributed by atoms with Crippen LogP contribution in [0.25, 0.3) is 0 Å². The third-order valence-corrected chi connectivity index (χ3v) is 4.28. The fourth-order valence-electron chi connectivity index (χ4n) is 3.01. The first-order valence-corrected chi connectivity index (χ1v) is 9.53. The largest absolute Gasteiger partial charge is 0.497 e. The molecule has 2 rings (SSSR count). The zero-order chi connectivity index (χ0) is 20.9. The standard InChI is InChI=1S/C21H32N2O5/c1-20(2,3)28-19(25)23-11-12-27-17(14-23)18(24)22-21(4,5)13-15-7-9-16(26-6)10-8-15/h7-10,17H,11-14H2,1-6H3,(H,22,24)/t17-/m1/s1. The maximum absolute atomic E-state index is 12.7. The van der Waals surface area contributed by atoms with Gasteiger partial charge >= 0.3 is 6.09 Å². The van der Waals surface area contributed by atoms with E-state index < -0.39 is 23.3 Å². The molecule has 1 atom stereocenters. The second kappa shape index (κ2) is 8.82. The van der Waals surface area contributed by atoms with Crippen LogP contribution in [-0.2, 0) is 20.7 Å². The number of rotatable bonds is 5. The molecule has 1 saturated heterocycles. The van der Waals surface area contributed by atoms with Gasteiger partial charge in [0.1, 0.15) is 11.4 Å². The van der Waals surface area contributed by atoms with Crippen LogP contribution in [0.4, 0.5) is 4.79 Å². The van der Waals surface area contributed by atoms with Crippen LogP contribution in [0.5, 0.6) is 5.75 Å². The maximum atomic E-state index is 12.7. The van der Waals surface area contributed by atoms with Crippen molar-refractivity contribution >= 4 is 12.0 Å². The van der Waals surface area contributed by atoms with Crippen LogP contribution in [0.1, 0.15) is 40.2 Å². The van der Waals surface area contributed by atoms with Gasteiger partial charge in [0, 0.05) is 12.1 Å². The van der Waals surface area contributed by atoms with Crippen molar-refractivity contribution in [1.29, 1.82) is 0 Å². The van der Waals surface area contributed by atoms with Gasteiger partial charge < -0.3 is 24.4 Å². The Bertz CT molecular complexity index is 679. The SMILES string of the molecule is COc1ccc(CC(C)(C)NC(=O)[C@H]2CN(C(=O)OC(C)(C)C)CCO2)cc1. The predicted octanol–water partition coefficient (Wildman–Crippen LogP) is 2.77. The number of nitrogens with zero attached hydrogens (tertiary/aromatic N) is 1. The number of hydrogen-bond donors (Lipinski definition) is 1. The van der Waals surface area contributed by atoms with Gasteiger partial charge in [-0.25, -0.2) is 4.79 Å². The van der Waals surface area contributed by atoms with Crippen LogP contribution >= 0.6 is 0 Å². The van der Waals surface area contributed by atoms with Crippen LogP contribution in [0.3, 0.4) is 0 Å². The highest BCUT2D eigenvalue weighted by molar-refractivity contribution is 5.82. The van der Waals surface area contributed by atoms with E-state index in [-0.39, 0.29) is 12.5 Å². The van der Waals surface area contributed by atoms with Crippen molar-refractivity contribution in [1.82, 2.24) is 10.2 Å². The number of nitrogens with one attached hydrogen (secondary N) is 1. The highest BCUT2D eigenvalue weighted by Crippen LogP contribution is 2.18. The number of ether oxygens (including phenoxy) is 3. The fourth-order valence-corrected chi connectivity index (χ4v) is 3.01. The van der Waals surface area contributed by atoms with Gasteiger partial charge in [0.2, 0.25) is 0 Å². The molecule has 0 bridgehead atoms. The summed E-state index contributed by atoms with van der Waals surface area (Å²) in [5.74, 6) is 0.565. The normalized spacial score (nSPS) is 17.8. The average Bonchev–Trinajstić information content (AvgIpc) is 2.60. The summed E-state index contributed by atoms with van der Waals surface area (Å²) in [7, 11) is 1.63. The molecular formula is C21H32N2O5. The van der Waals surface area contributed by atoms with Crippen molar-refractivity contribution in [2.75, 3.05) is 26.8 Å². The zero-order valence-electron chi connectivity index (χ0n) is 17.7. The summed E-state index contributed by atoms with van der Waals surface area (Å²) in [5, 5.41) is 3.04. The first-order chi connectivity index (χ1) is 13.0. The first kappa shape index (κ1) is 22.0. The molecule has 0 spiro atoms. The molecule has 1 aromatic rings. The van der Waals surface area contributed by atoms with Crippen molar-refractivity contribution < 1.29 is 23.8 Å². The molecule has 0 saturated carbocycles. The summed E-state index contributed by atoms with van der Waals surface area (Å²) < 4.78 is 16.2. The van der Waals surface area contributed by atoms with E-state index >= 15 is 0 Å². The number of benzene rings is 1. The molecule has 7 nitrogen and oxygen atoms in total. The average molecular weight is 392 g/mol. The number of hydrogen-bond acceptors (Lipinski definition) is 5. The topological polar surface area (TPSA) is 77.1 Å². The Balaban J connectivity index is 1.93. The van der Waals surface area contributed by atoms with Crippen LogP contribution in [0, 0.1) is 0 Å². The van der Waals surface area contributed by atoms with Gasteiger partial charge in [0.25, 0.3) is 5.91 Å². The number of carbonyl (C=O) groups excluding carboxylic acids is 2. The van der Waals surface area contributed by atoms with E-state index in [1.54, 1.807) is 7.11 Å². The molecule has 1 aliphatic rings. The molecule has 0 aromatic heterocycles. The summed E-state index contributed by atoms with van der Waals surface area (Å²) in [5.41, 5.74) is 0.0440. The number of amides is 2. The molecule has 1 aromatic carbocycles. The van der Waals surface area contributed by atoms with Gasteiger partial charge in [-0.2, -0.15) is 0 Å². The molecule has 0 aliphatic carbocycles. The van der Waals surface area contributed by atoms with Crippen LogP contribution in [-0.4, -0.2) is 61.0 Å². The van der Waals surface area contributed by atoms with Crippen molar-refractivity contribution in [2.24, 2.45) is 0 Å². The lowest BCUT2D eigenvalue weighted by Crippen LogP contribution is -2.56. The number of carbonyl (C=O) groups is 2. The zero-order valence-corrected chi connectivity index (χ0v) is 17.7. The Morgan fingerprint density at radius 2 is 1.82 bits per heavy atom. The van der Waals surface area contributed by atoms with Crippen molar-refractivity contribution in [3.8, 4) is 5.75 Å². The van der Waals surface area contributed by atoms with Crippen molar-refractivity contribution in [3.05, 3.63) is 29.8 Å². The fraction of sp³-hybridized carbons (Fsp3) is 0.619. The lowest BCUT2D eigenvalue weighted by atomic mass is 9.94. The Morgan fingerprint density at radius 1 is 1.18 bits per heavy atom. The molecule has 0 radical (unpaired) electrons. The summed E-state index contributed by atoms with van der Waals surface area (Å²) in [6.45, 7) is 10.3. The first-order valence-electron chi connectivity index (χ1n) is 9.53. The van der Waals surface area contributed by atoms with E-state index in [2.05, 4.69) is 5.32 Å². The summed E-state index contributed by atoms with van der Waals surface area (Å²) in [6.07, 6.45) is -0.479. The smallest absolute Gasteiger partial charge is 0.410 e. The van der Waals surface area contributed by atoms with Crippen molar-refractivity contribution in [2.45, 2.75) is 58.3 Å². The van der Waals surface area contributed by atoms with Crippen LogP contribution in [0.2, 0.25) is 0 Å². The third kappa shape index (κ3) is 6.71. The second-order valence-electron chi connectivity index (χ2n) is 8.68. The Morgan fingerprint density at radius 3 is 2.39 bits per heavy atom. The van der Waals surface area contributed by atoms with Crippen LogP contribution < -0.4 is 10.1 Å². The number of methoxy groups -OCH3 is 1. The second-order valence-corrected chi connectivity index (χ2v) is 8.68. The quantitative estimate of drug-likeness (QED) is 0.834. The Kier molecular flexibility index (Phi) is 6.93. The Labute approximate surface area is 167 Å². The van der Waals surface area contributed by atoms with E-state index in [9.17, 15) is 9.59 Å². The molecule has 156 valence electrons. The summed E-state index contributed by atoms with van der Waals surface area (Å²) in [4.78, 5) is 26.5. The lowest BCUT2D eigenvalue weighted by Gasteiger charge is -2.35. The van der Waals surface area contributed by atoms with Crippen molar-refractivity contribution in [3.63, 3.8) is 0 Å². The third-order valence-electron chi connectivity index (χ3n) is 4.28. The van der Waals surface area contributed by atoms with Gasteiger partial charge in [-0.05, 0) is 58.7 Å². The maximum Gasteiger partial charge on any atom is 0.410 e. The van der Waals surface area contributed by atoms with E-state index in [0.29, 0.717) is 19.6 Å². The predicted molar refractivity (Wildman–Crippen MR) is 106 cm³/mol. The molecule has 2 amide bonds. The van der Waals surface area contributed by atoms with E-state index in [4.69, 9.17) is 14.2 Å². The molecule has 1 heterocycles. The van der Waals surface area contributed by atoms with Gasteiger partial charge in [-0.1, -0.05) is 12.1 Å². The molecule has 1 N–H and O–H groups in total. The molecule has 0 unspecified atom stereocenters. The Hall–Kier alpha value is -2.28. The van der Waals surface area contributed by atoms with Gasteiger partial charge in [-0.3, -0.25) is 4.79 Å². The van der Waals surface area contributed by atoms with E-state index in [0.717, 1.165) is 11.3 Å². The molecule has 1 aliphatic heterocycles. The van der Waals surface area contributed by atoms with E-state index in [1.807, 2.05) is 58.9 Å². The summed E-state index contributed by atoms with van der Waals surface area (Å²) >= 11 is 0. The minimum Gasteiger partial charge on any atom is -0.497 e. The van der Waals surface area contributed by atoms with E-state index in [1.165, 1.54) is 4.90 Å². The molecule has 28 heavy (non-hydrogen) atoms. The van der Waals surface area contributed by atoms with Gasteiger partial charge in [-0.15, -0.1) is 0 Å². The minimum atomic E-state index is -0.712. The lowest BCUT2D eigenvalue weighted by molar-refractivity contribution is -0.139. The number of morpholine rings is 1. The summed E-state index contributed by atoms with van der Waals surface area (Å²) in [6, 6.07) is 7.76. The monoisotopic (exact) mass is 392 g/mol. The molecule has 7 heteroatoms. The highest BCUT2D eigenvalue weighted by Gasteiger charge is 2.34. The highest BCUT2D eigenvalue weighted by atomic mass is 16.6. The minimum absolute atomic E-state index is 0.180. The molecular weight excluding hydrogens is 360 g/mol. The van der Waals surface area contributed by atoms with Gasteiger partial charge in [0.15, 0.2) is 6.10 Å². The van der Waals surface area contributed by atoms with Crippen LogP contribution in [0.15, 0.2) is 24.3 Å². The molecule has 1 fully saturated rings. The van der Waals surface area contributed by atoms with Gasteiger partial charge in [0.05, 0.1) is 20.3 Å².